The van der Waals surface area contributed by atoms with Gasteiger partial charge in [0.25, 0.3) is 5.91 Å². The van der Waals surface area contributed by atoms with E-state index in [2.05, 4.69) is 25.6 Å². The number of primary amides is 2. The molecule has 3 aromatic rings. The molecule has 2 atom stereocenters. The van der Waals surface area contributed by atoms with Gasteiger partial charge < -0.3 is 22.1 Å². The van der Waals surface area contributed by atoms with Crippen molar-refractivity contribution in [3.8, 4) is 0 Å². The molecule has 0 radical (unpaired) electrons. The fourth-order valence-corrected chi connectivity index (χ4v) is 2.97. The SMILES string of the molecule is CC(CC(C)C(N)=O)Nc1cnc(C(N)=O)c(Nc2ccc3ncccc3c2)n1. The van der Waals surface area contributed by atoms with Crippen molar-refractivity contribution in [1.29, 1.82) is 0 Å². The van der Waals surface area contributed by atoms with Gasteiger partial charge in [0.05, 0.1) is 11.7 Å². The molecular weight excluding hydrogens is 370 g/mol. The summed E-state index contributed by atoms with van der Waals surface area (Å²) in [5, 5.41) is 7.21. The normalized spacial score (nSPS) is 12.9. The first-order chi connectivity index (χ1) is 13.8. The van der Waals surface area contributed by atoms with Crippen molar-refractivity contribution in [2.75, 3.05) is 10.6 Å². The van der Waals surface area contributed by atoms with Gasteiger partial charge in [0.2, 0.25) is 5.91 Å². The maximum atomic E-state index is 11.8. The number of pyridine rings is 1. The lowest BCUT2D eigenvalue weighted by Gasteiger charge is -2.18. The average Bonchev–Trinajstić information content (AvgIpc) is 2.67. The van der Waals surface area contributed by atoms with Crippen molar-refractivity contribution >= 4 is 40.0 Å². The Balaban J connectivity index is 1.84. The van der Waals surface area contributed by atoms with Crippen LogP contribution in [-0.2, 0) is 4.79 Å². The number of anilines is 3. The summed E-state index contributed by atoms with van der Waals surface area (Å²) in [7, 11) is 0. The van der Waals surface area contributed by atoms with E-state index in [9.17, 15) is 9.59 Å². The van der Waals surface area contributed by atoms with Crippen LogP contribution in [0.3, 0.4) is 0 Å². The molecule has 9 heteroatoms. The molecule has 0 aliphatic carbocycles. The first kappa shape index (κ1) is 20.0. The minimum atomic E-state index is -0.690. The Bertz CT molecular complexity index is 1050. The molecule has 2 unspecified atom stereocenters. The highest BCUT2D eigenvalue weighted by molar-refractivity contribution is 5.96. The molecule has 2 heterocycles. The number of nitrogens with zero attached hydrogens (tertiary/aromatic N) is 3. The Hall–Kier alpha value is -3.75. The van der Waals surface area contributed by atoms with Gasteiger partial charge in [-0.15, -0.1) is 0 Å². The monoisotopic (exact) mass is 393 g/mol. The first-order valence-corrected chi connectivity index (χ1v) is 9.18. The fourth-order valence-electron chi connectivity index (χ4n) is 2.97. The molecule has 0 spiro atoms. The van der Waals surface area contributed by atoms with Crippen LogP contribution in [-0.4, -0.2) is 32.8 Å². The van der Waals surface area contributed by atoms with E-state index >= 15 is 0 Å². The lowest BCUT2D eigenvalue weighted by atomic mass is 10.0. The van der Waals surface area contributed by atoms with E-state index in [0.717, 1.165) is 16.6 Å². The molecular formula is C20H23N7O2. The van der Waals surface area contributed by atoms with Crippen molar-refractivity contribution in [3.63, 3.8) is 0 Å². The number of carbonyl (C=O) groups is 2. The van der Waals surface area contributed by atoms with E-state index < -0.39 is 5.91 Å². The summed E-state index contributed by atoms with van der Waals surface area (Å²) in [5.41, 5.74) is 12.4. The number of rotatable bonds is 8. The number of benzene rings is 1. The topological polar surface area (TPSA) is 149 Å². The first-order valence-electron chi connectivity index (χ1n) is 9.18. The van der Waals surface area contributed by atoms with Crippen LogP contribution >= 0.6 is 0 Å². The highest BCUT2D eigenvalue weighted by Gasteiger charge is 2.17. The van der Waals surface area contributed by atoms with Gasteiger partial charge >= 0.3 is 0 Å². The summed E-state index contributed by atoms with van der Waals surface area (Å²) in [6, 6.07) is 9.30. The van der Waals surface area contributed by atoms with Crippen LogP contribution in [0, 0.1) is 5.92 Å². The van der Waals surface area contributed by atoms with Gasteiger partial charge in [-0.25, -0.2) is 9.97 Å². The van der Waals surface area contributed by atoms with Crippen LogP contribution in [0.5, 0.6) is 0 Å². The zero-order valence-electron chi connectivity index (χ0n) is 16.2. The van der Waals surface area contributed by atoms with Crippen LogP contribution in [0.4, 0.5) is 17.3 Å². The summed E-state index contributed by atoms with van der Waals surface area (Å²) in [6.45, 7) is 3.68. The second-order valence-electron chi connectivity index (χ2n) is 6.94. The lowest BCUT2D eigenvalue weighted by Crippen LogP contribution is -2.27. The molecule has 1 aromatic carbocycles. The number of aromatic nitrogens is 3. The van der Waals surface area contributed by atoms with Gasteiger partial charge in [-0.2, -0.15) is 0 Å². The quantitative estimate of drug-likeness (QED) is 0.458. The summed E-state index contributed by atoms with van der Waals surface area (Å²) < 4.78 is 0. The maximum Gasteiger partial charge on any atom is 0.271 e. The Morgan fingerprint density at radius 3 is 2.66 bits per heavy atom. The van der Waals surface area contributed by atoms with Crippen molar-refractivity contribution in [2.45, 2.75) is 26.3 Å². The van der Waals surface area contributed by atoms with Gasteiger partial charge in [0.1, 0.15) is 5.82 Å². The number of nitrogens with one attached hydrogen (secondary N) is 2. The fraction of sp³-hybridized carbons (Fsp3) is 0.250. The number of amides is 2. The van der Waals surface area contributed by atoms with Crippen LogP contribution in [0.25, 0.3) is 10.9 Å². The van der Waals surface area contributed by atoms with Crippen molar-refractivity contribution in [1.82, 2.24) is 15.0 Å². The molecule has 2 amide bonds. The minimum absolute atomic E-state index is 0.0278. The molecule has 0 saturated carbocycles. The zero-order valence-corrected chi connectivity index (χ0v) is 16.2. The third kappa shape index (κ3) is 4.95. The number of carbonyl (C=O) groups excluding carboxylic acids is 2. The van der Waals surface area contributed by atoms with Gasteiger partial charge in [0.15, 0.2) is 11.5 Å². The van der Waals surface area contributed by atoms with E-state index in [1.807, 2.05) is 37.3 Å². The van der Waals surface area contributed by atoms with Gasteiger partial charge in [0, 0.05) is 29.2 Å². The van der Waals surface area contributed by atoms with Crippen LogP contribution < -0.4 is 22.1 Å². The number of hydrogen-bond acceptors (Lipinski definition) is 7. The molecule has 0 aliphatic heterocycles. The zero-order chi connectivity index (χ0) is 21.0. The predicted molar refractivity (Wildman–Crippen MR) is 112 cm³/mol. The molecule has 0 bridgehead atoms. The lowest BCUT2D eigenvalue weighted by molar-refractivity contribution is -0.121. The highest BCUT2D eigenvalue weighted by Crippen LogP contribution is 2.23. The summed E-state index contributed by atoms with van der Waals surface area (Å²) >= 11 is 0. The molecule has 29 heavy (non-hydrogen) atoms. The molecule has 3 rings (SSSR count). The van der Waals surface area contributed by atoms with Crippen LogP contribution in [0.15, 0.2) is 42.7 Å². The smallest absolute Gasteiger partial charge is 0.271 e. The largest absolute Gasteiger partial charge is 0.369 e. The van der Waals surface area contributed by atoms with E-state index in [0.29, 0.717) is 12.2 Å². The highest BCUT2D eigenvalue weighted by atomic mass is 16.1. The second-order valence-corrected chi connectivity index (χ2v) is 6.94. The van der Waals surface area contributed by atoms with Gasteiger partial charge in [-0.1, -0.05) is 13.0 Å². The van der Waals surface area contributed by atoms with Crippen molar-refractivity contribution in [2.24, 2.45) is 17.4 Å². The van der Waals surface area contributed by atoms with E-state index in [4.69, 9.17) is 11.5 Å². The number of fused-ring (bicyclic) bond motifs is 1. The Kier molecular flexibility index (Phi) is 5.87. The Morgan fingerprint density at radius 1 is 1.14 bits per heavy atom. The van der Waals surface area contributed by atoms with Crippen molar-refractivity contribution in [3.05, 3.63) is 48.4 Å². The molecule has 0 fully saturated rings. The van der Waals surface area contributed by atoms with Gasteiger partial charge in [-0.05, 0) is 37.6 Å². The standard InChI is InChI=1S/C20H23N7O2/c1-11(18(21)28)8-12(2)25-16-10-24-17(19(22)29)20(27-16)26-14-5-6-15-13(9-14)4-3-7-23-15/h3-7,9-12H,8H2,1-2H3,(H2,21,28)(H2,22,29)(H2,25,26,27). The molecule has 0 aliphatic rings. The number of hydrogen-bond donors (Lipinski definition) is 4. The third-order valence-corrected chi connectivity index (χ3v) is 4.46. The summed E-state index contributed by atoms with van der Waals surface area (Å²) in [6.07, 6.45) is 3.69. The maximum absolute atomic E-state index is 11.8. The molecule has 2 aromatic heterocycles. The van der Waals surface area contributed by atoms with Crippen LogP contribution in [0.1, 0.15) is 30.8 Å². The molecule has 150 valence electrons. The molecule has 9 nitrogen and oxygen atoms in total. The molecule has 6 N–H and O–H groups in total. The minimum Gasteiger partial charge on any atom is -0.369 e. The van der Waals surface area contributed by atoms with E-state index in [-0.39, 0.29) is 29.4 Å². The Morgan fingerprint density at radius 2 is 1.93 bits per heavy atom. The van der Waals surface area contributed by atoms with Crippen LogP contribution in [0.2, 0.25) is 0 Å². The van der Waals surface area contributed by atoms with Gasteiger partial charge in [-0.3, -0.25) is 14.6 Å². The summed E-state index contributed by atoms with van der Waals surface area (Å²) in [5.74, 6) is -0.643. The van der Waals surface area contributed by atoms with E-state index in [1.165, 1.54) is 6.20 Å². The van der Waals surface area contributed by atoms with E-state index in [1.54, 1.807) is 13.1 Å². The third-order valence-electron chi connectivity index (χ3n) is 4.46. The second kappa shape index (κ2) is 8.51. The predicted octanol–water partition coefficient (Wildman–Crippen LogP) is 2.18. The summed E-state index contributed by atoms with van der Waals surface area (Å²) in [4.78, 5) is 35.9. The number of nitrogens with two attached hydrogens (primary N) is 2. The molecule has 0 saturated heterocycles. The Labute approximate surface area is 167 Å². The average molecular weight is 393 g/mol. The van der Waals surface area contributed by atoms with Crippen molar-refractivity contribution < 1.29 is 9.59 Å².